The standard InChI is InChI=1S/C10H13NO4/c1-14-10(3-2-4-10)5-7-8(9(12)13)11-6-15-7/h6H,2-5H2,1H3,(H,12,13). The van der Waals surface area contributed by atoms with Gasteiger partial charge in [0.05, 0.1) is 5.60 Å². The fourth-order valence-corrected chi connectivity index (χ4v) is 1.89. The van der Waals surface area contributed by atoms with Crippen LogP contribution in [0.15, 0.2) is 10.8 Å². The number of carboxylic acids is 1. The Kier molecular flexibility index (Phi) is 2.48. The van der Waals surface area contributed by atoms with Gasteiger partial charge in [0.15, 0.2) is 12.1 Å². The topological polar surface area (TPSA) is 72.6 Å². The fraction of sp³-hybridized carbons (Fsp3) is 0.600. The summed E-state index contributed by atoms with van der Waals surface area (Å²) in [7, 11) is 1.65. The SMILES string of the molecule is COC1(Cc2ocnc2C(=O)O)CCC1. The Bertz CT molecular complexity index is 362. The molecule has 1 N–H and O–H groups in total. The van der Waals surface area contributed by atoms with E-state index in [0.29, 0.717) is 12.2 Å². The quantitative estimate of drug-likeness (QED) is 0.816. The van der Waals surface area contributed by atoms with Crippen LogP contribution in [0.1, 0.15) is 35.5 Å². The Morgan fingerprint density at radius 3 is 2.93 bits per heavy atom. The zero-order valence-corrected chi connectivity index (χ0v) is 8.52. The van der Waals surface area contributed by atoms with E-state index in [2.05, 4.69) is 4.98 Å². The highest BCUT2D eigenvalue weighted by atomic mass is 16.5. The first kappa shape index (κ1) is 10.2. The lowest BCUT2D eigenvalue weighted by Gasteiger charge is -2.39. The first-order chi connectivity index (χ1) is 7.17. The third kappa shape index (κ3) is 1.74. The molecule has 0 radical (unpaired) electrons. The molecule has 2 rings (SSSR count). The van der Waals surface area contributed by atoms with Crippen molar-refractivity contribution < 1.29 is 19.1 Å². The molecule has 0 amide bonds. The van der Waals surface area contributed by atoms with E-state index in [0.717, 1.165) is 19.3 Å². The molecule has 1 fully saturated rings. The Morgan fingerprint density at radius 1 is 1.73 bits per heavy atom. The molecule has 0 spiro atoms. The van der Waals surface area contributed by atoms with Crippen LogP contribution < -0.4 is 0 Å². The van der Waals surface area contributed by atoms with E-state index in [1.807, 2.05) is 0 Å². The van der Waals surface area contributed by atoms with Crippen molar-refractivity contribution in [3.63, 3.8) is 0 Å². The van der Waals surface area contributed by atoms with Gasteiger partial charge < -0.3 is 14.3 Å². The molecule has 1 aromatic rings. The van der Waals surface area contributed by atoms with Crippen LogP contribution in [0.4, 0.5) is 0 Å². The Morgan fingerprint density at radius 2 is 2.47 bits per heavy atom. The molecule has 1 aliphatic rings. The zero-order valence-electron chi connectivity index (χ0n) is 8.52. The highest BCUT2D eigenvalue weighted by molar-refractivity contribution is 5.86. The van der Waals surface area contributed by atoms with Gasteiger partial charge in [0.1, 0.15) is 5.76 Å². The summed E-state index contributed by atoms with van der Waals surface area (Å²) in [5.74, 6) is -0.645. The molecule has 15 heavy (non-hydrogen) atoms. The molecule has 0 unspecified atom stereocenters. The van der Waals surface area contributed by atoms with Crippen LogP contribution in [-0.2, 0) is 11.2 Å². The highest BCUT2D eigenvalue weighted by Crippen LogP contribution is 2.38. The van der Waals surface area contributed by atoms with Crippen LogP contribution in [0.3, 0.4) is 0 Å². The number of carbonyl (C=O) groups is 1. The maximum Gasteiger partial charge on any atom is 0.358 e. The third-order valence-electron chi connectivity index (χ3n) is 3.02. The number of carboxylic acid groups (broad SMARTS) is 1. The lowest BCUT2D eigenvalue weighted by Crippen LogP contribution is -2.41. The number of hydrogen-bond donors (Lipinski definition) is 1. The number of oxazole rings is 1. The summed E-state index contributed by atoms with van der Waals surface area (Å²) in [5.41, 5.74) is -0.234. The van der Waals surface area contributed by atoms with Gasteiger partial charge >= 0.3 is 5.97 Å². The minimum Gasteiger partial charge on any atom is -0.476 e. The van der Waals surface area contributed by atoms with E-state index in [1.165, 1.54) is 6.39 Å². The smallest absolute Gasteiger partial charge is 0.358 e. The third-order valence-corrected chi connectivity index (χ3v) is 3.02. The van der Waals surface area contributed by atoms with Crippen molar-refractivity contribution in [3.8, 4) is 0 Å². The zero-order chi connectivity index (χ0) is 10.9. The van der Waals surface area contributed by atoms with E-state index in [-0.39, 0.29) is 11.3 Å². The van der Waals surface area contributed by atoms with Gasteiger partial charge in [0.25, 0.3) is 0 Å². The van der Waals surface area contributed by atoms with E-state index in [4.69, 9.17) is 14.3 Å². The molecule has 0 saturated heterocycles. The van der Waals surface area contributed by atoms with E-state index in [1.54, 1.807) is 7.11 Å². The second kappa shape index (κ2) is 3.66. The molecule has 5 heteroatoms. The number of methoxy groups -OCH3 is 1. The van der Waals surface area contributed by atoms with Crippen molar-refractivity contribution in [2.75, 3.05) is 7.11 Å². The number of ether oxygens (including phenoxy) is 1. The van der Waals surface area contributed by atoms with Gasteiger partial charge in [-0.15, -0.1) is 0 Å². The summed E-state index contributed by atoms with van der Waals surface area (Å²) < 4.78 is 10.5. The first-order valence-electron chi connectivity index (χ1n) is 4.88. The predicted molar refractivity (Wildman–Crippen MR) is 50.8 cm³/mol. The maximum absolute atomic E-state index is 10.8. The largest absolute Gasteiger partial charge is 0.476 e. The summed E-state index contributed by atoms with van der Waals surface area (Å²) in [4.78, 5) is 14.5. The van der Waals surface area contributed by atoms with Crippen LogP contribution >= 0.6 is 0 Å². The lowest BCUT2D eigenvalue weighted by molar-refractivity contribution is -0.0738. The molecule has 1 aromatic heterocycles. The van der Waals surface area contributed by atoms with Gasteiger partial charge in [-0.2, -0.15) is 0 Å². The average Bonchev–Trinajstić information content (AvgIpc) is 2.59. The average molecular weight is 211 g/mol. The van der Waals surface area contributed by atoms with Crippen LogP contribution in [0.2, 0.25) is 0 Å². The summed E-state index contributed by atoms with van der Waals surface area (Å²) in [5, 5.41) is 8.85. The monoisotopic (exact) mass is 211 g/mol. The second-order valence-electron chi connectivity index (χ2n) is 3.85. The van der Waals surface area contributed by atoms with Crippen molar-refractivity contribution >= 4 is 5.97 Å². The van der Waals surface area contributed by atoms with Crippen molar-refractivity contribution in [2.24, 2.45) is 0 Å². The van der Waals surface area contributed by atoms with Crippen molar-refractivity contribution in [1.82, 2.24) is 4.98 Å². The van der Waals surface area contributed by atoms with Crippen LogP contribution in [0, 0.1) is 0 Å². The Labute approximate surface area is 87.1 Å². The number of aromatic carboxylic acids is 1. The summed E-state index contributed by atoms with van der Waals surface area (Å²) in [6, 6.07) is 0. The molecular formula is C10H13NO4. The first-order valence-corrected chi connectivity index (χ1v) is 4.88. The second-order valence-corrected chi connectivity index (χ2v) is 3.85. The minimum atomic E-state index is -1.05. The minimum absolute atomic E-state index is 0.00155. The van der Waals surface area contributed by atoms with Gasteiger partial charge in [-0.05, 0) is 19.3 Å². The molecule has 0 aromatic carbocycles. The van der Waals surface area contributed by atoms with Gasteiger partial charge in [0, 0.05) is 13.5 Å². The molecule has 1 heterocycles. The highest BCUT2D eigenvalue weighted by Gasteiger charge is 2.39. The summed E-state index contributed by atoms with van der Waals surface area (Å²) >= 11 is 0. The molecular weight excluding hydrogens is 198 g/mol. The van der Waals surface area contributed by atoms with Gasteiger partial charge in [-0.1, -0.05) is 0 Å². The number of hydrogen-bond acceptors (Lipinski definition) is 4. The van der Waals surface area contributed by atoms with E-state index in [9.17, 15) is 4.79 Å². The van der Waals surface area contributed by atoms with E-state index >= 15 is 0 Å². The van der Waals surface area contributed by atoms with Gasteiger partial charge in [-0.3, -0.25) is 0 Å². The Balaban J connectivity index is 2.16. The summed E-state index contributed by atoms with van der Waals surface area (Å²) in [6.45, 7) is 0. The normalized spacial score (nSPS) is 18.5. The van der Waals surface area contributed by atoms with Crippen LogP contribution in [-0.4, -0.2) is 28.8 Å². The van der Waals surface area contributed by atoms with Crippen LogP contribution in [0.5, 0.6) is 0 Å². The number of aromatic nitrogens is 1. The fourth-order valence-electron chi connectivity index (χ4n) is 1.89. The van der Waals surface area contributed by atoms with Gasteiger partial charge in [0.2, 0.25) is 0 Å². The van der Waals surface area contributed by atoms with Crippen molar-refractivity contribution in [1.29, 1.82) is 0 Å². The lowest BCUT2D eigenvalue weighted by atomic mass is 9.77. The number of rotatable bonds is 4. The summed E-state index contributed by atoms with van der Waals surface area (Å²) in [6.07, 6.45) is 4.67. The van der Waals surface area contributed by atoms with Gasteiger partial charge in [-0.25, -0.2) is 9.78 Å². The molecule has 1 aliphatic carbocycles. The van der Waals surface area contributed by atoms with E-state index < -0.39 is 5.97 Å². The molecule has 82 valence electrons. The maximum atomic E-state index is 10.8. The van der Waals surface area contributed by atoms with Crippen molar-refractivity contribution in [2.45, 2.75) is 31.3 Å². The predicted octanol–water partition coefficient (Wildman–Crippen LogP) is 1.48. The van der Waals surface area contributed by atoms with Crippen molar-refractivity contribution in [3.05, 3.63) is 17.8 Å². The molecule has 5 nitrogen and oxygen atoms in total. The molecule has 0 aliphatic heterocycles. The van der Waals surface area contributed by atoms with Crippen LogP contribution in [0.25, 0.3) is 0 Å². The molecule has 1 saturated carbocycles. The molecule has 0 bridgehead atoms. The molecule has 0 atom stereocenters. The Hall–Kier alpha value is -1.36. The number of nitrogens with zero attached hydrogens (tertiary/aromatic N) is 1.